The van der Waals surface area contributed by atoms with E-state index in [-0.39, 0.29) is 11.9 Å². The molecular formula is C18H23N5O2. The summed E-state index contributed by atoms with van der Waals surface area (Å²) in [6.45, 7) is 3.35. The number of likely N-dealkylation sites (tertiary alicyclic amines) is 1. The molecule has 0 spiro atoms. The van der Waals surface area contributed by atoms with Gasteiger partial charge in [-0.3, -0.25) is 9.69 Å². The van der Waals surface area contributed by atoms with Crippen molar-refractivity contribution in [2.24, 2.45) is 0 Å². The van der Waals surface area contributed by atoms with E-state index >= 15 is 0 Å². The number of pyridine rings is 1. The van der Waals surface area contributed by atoms with Gasteiger partial charge in [0.05, 0.1) is 24.4 Å². The van der Waals surface area contributed by atoms with Crippen LogP contribution < -0.4 is 10.1 Å². The minimum absolute atomic E-state index is 0.179. The fourth-order valence-electron chi connectivity index (χ4n) is 3.11. The highest BCUT2D eigenvalue weighted by Gasteiger charge is 2.26. The molecule has 2 aromatic rings. The third-order valence-electron chi connectivity index (χ3n) is 4.50. The number of ether oxygens (including phenoxy) is 1. The SMILES string of the molecule is COc1ccc(C(=O)NCc2cnc(C)nc2[C@H]2CCCN2C)cn1. The molecule has 0 bridgehead atoms. The van der Waals surface area contributed by atoms with Crippen LogP contribution in [-0.2, 0) is 6.54 Å². The van der Waals surface area contributed by atoms with Gasteiger partial charge < -0.3 is 10.1 Å². The molecule has 3 rings (SSSR count). The van der Waals surface area contributed by atoms with Crippen molar-refractivity contribution in [2.75, 3.05) is 20.7 Å². The first kappa shape index (κ1) is 17.3. The molecule has 7 heteroatoms. The first-order valence-electron chi connectivity index (χ1n) is 8.39. The summed E-state index contributed by atoms with van der Waals surface area (Å²) in [6, 6.07) is 3.65. The van der Waals surface area contributed by atoms with Crippen LogP contribution in [0.2, 0.25) is 0 Å². The highest BCUT2D eigenvalue weighted by atomic mass is 16.5. The van der Waals surface area contributed by atoms with Gasteiger partial charge in [-0.25, -0.2) is 15.0 Å². The van der Waals surface area contributed by atoms with Crippen molar-refractivity contribution < 1.29 is 9.53 Å². The molecule has 25 heavy (non-hydrogen) atoms. The van der Waals surface area contributed by atoms with Crippen LogP contribution in [0.5, 0.6) is 5.88 Å². The number of aromatic nitrogens is 3. The van der Waals surface area contributed by atoms with E-state index in [0.717, 1.165) is 36.5 Å². The Bertz CT molecular complexity index is 748. The molecule has 1 atom stereocenters. The number of nitrogens with zero attached hydrogens (tertiary/aromatic N) is 4. The van der Waals surface area contributed by atoms with Crippen LogP contribution in [0.25, 0.3) is 0 Å². The Morgan fingerprint density at radius 2 is 2.20 bits per heavy atom. The molecule has 1 fully saturated rings. The van der Waals surface area contributed by atoms with Crippen molar-refractivity contribution in [3.63, 3.8) is 0 Å². The zero-order valence-corrected chi connectivity index (χ0v) is 14.8. The summed E-state index contributed by atoms with van der Waals surface area (Å²) in [4.78, 5) is 27.7. The summed E-state index contributed by atoms with van der Waals surface area (Å²) < 4.78 is 5.01. The lowest BCUT2D eigenvalue weighted by Gasteiger charge is -2.21. The number of hydrogen-bond acceptors (Lipinski definition) is 6. The predicted molar refractivity (Wildman–Crippen MR) is 93.3 cm³/mol. The minimum Gasteiger partial charge on any atom is -0.481 e. The number of nitrogens with one attached hydrogen (secondary N) is 1. The molecule has 1 saturated heterocycles. The van der Waals surface area contributed by atoms with Gasteiger partial charge in [-0.05, 0) is 39.4 Å². The summed E-state index contributed by atoms with van der Waals surface area (Å²) in [5, 5.41) is 2.93. The van der Waals surface area contributed by atoms with Gasteiger partial charge in [-0.15, -0.1) is 0 Å². The molecule has 0 aromatic carbocycles. The van der Waals surface area contributed by atoms with Crippen LogP contribution in [0.3, 0.4) is 0 Å². The average molecular weight is 341 g/mol. The monoisotopic (exact) mass is 341 g/mol. The van der Waals surface area contributed by atoms with Crippen molar-refractivity contribution in [2.45, 2.75) is 32.4 Å². The van der Waals surface area contributed by atoms with E-state index in [1.807, 2.05) is 13.1 Å². The van der Waals surface area contributed by atoms with Gasteiger partial charge in [0.15, 0.2) is 0 Å². The number of amides is 1. The topological polar surface area (TPSA) is 80.2 Å². The standard InChI is InChI=1S/C18H23N5O2/c1-12-19-10-14(17(22-12)15-5-4-8-23(15)2)11-21-18(24)13-6-7-16(25-3)20-9-13/h6-7,9-10,15H,4-5,8,11H2,1-3H3,(H,21,24)/t15-/m1/s1. The fraction of sp³-hybridized carbons (Fsp3) is 0.444. The molecule has 1 aliphatic heterocycles. The largest absolute Gasteiger partial charge is 0.481 e. The van der Waals surface area contributed by atoms with Crippen LogP contribution >= 0.6 is 0 Å². The van der Waals surface area contributed by atoms with Crippen LogP contribution in [0, 0.1) is 6.92 Å². The van der Waals surface area contributed by atoms with E-state index in [0.29, 0.717) is 18.0 Å². The first-order valence-corrected chi connectivity index (χ1v) is 8.39. The third-order valence-corrected chi connectivity index (χ3v) is 4.50. The Labute approximate surface area is 147 Å². The molecular weight excluding hydrogens is 318 g/mol. The molecule has 0 aliphatic carbocycles. The lowest BCUT2D eigenvalue weighted by Crippen LogP contribution is -2.26. The molecule has 0 radical (unpaired) electrons. The van der Waals surface area contributed by atoms with E-state index in [2.05, 4.69) is 32.2 Å². The van der Waals surface area contributed by atoms with Crippen molar-refractivity contribution >= 4 is 5.91 Å². The molecule has 1 amide bonds. The predicted octanol–water partition coefficient (Wildman–Crippen LogP) is 1.89. The zero-order valence-electron chi connectivity index (χ0n) is 14.8. The highest BCUT2D eigenvalue weighted by Crippen LogP contribution is 2.31. The van der Waals surface area contributed by atoms with Gasteiger partial charge in [0.2, 0.25) is 5.88 Å². The van der Waals surface area contributed by atoms with Crippen LogP contribution in [0.4, 0.5) is 0 Å². The Morgan fingerprint density at radius 1 is 1.36 bits per heavy atom. The van der Waals surface area contributed by atoms with Crippen molar-refractivity contribution in [1.29, 1.82) is 0 Å². The number of rotatable bonds is 5. The molecule has 7 nitrogen and oxygen atoms in total. The minimum atomic E-state index is -0.179. The quantitative estimate of drug-likeness (QED) is 0.894. The average Bonchev–Trinajstić information content (AvgIpc) is 3.06. The third kappa shape index (κ3) is 3.93. The maximum Gasteiger partial charge on any atom is 0.253 e. The van der Waals surface area contributed by atoms with Crippen LogP contribution in [0.1, 0.15) is 46.3 Å². The van der Waals surface area contributed by atoms with Gasteiger partial charge >= 0.3 is 0 Å². The normalized spacial score (nSPS) is 17.5. The highest BCUT2D eigenvalue weighted by molar-refractivity contribution is 5.93. The Kier molecular flexibility index (Phi) is 5.23. The summed E-state index contributed by atoms with van der Waals surface area (Å²) >= 11 is 0. The lowest BCUT2D eigenvalue weighted by molar-refractivity contribution is 0.0950. The second kappa shape index (κ2) is 7.57. The Morgan fingerprint density at radius 3 is 2.84 bits per heavy atom. The fourth-order valence-corrected chi connectivity index (χ4v) is 3.11. The van der Waals surface area contributed by atoms with Crippen LogP contribution in [0.15, 0.2) is 24.5 Å². The van der Waals surface area contributed by atoms with Crippen molar-refractivity contribution in [3.8, 4) is 5.88 Å². The molecule has 132 valence electrons. The molecule has 1 N–H and O–H groups in total. The number of carbonyl (C=O) groups is 1. The molecule has 0 saturated carbocycles. The van der Waals surface area contributed by atoms with Gasteiger partial charge in [0, 0.05) is 30.6 Å². The summed E-state index contributed by atoms with van der Waals surface area (Å²) in [6.07, 6.45) is 5.56. The second-order valence-electron chi connectivity index (χ2n) is 6.24. The molecule has 0 unspecified atom stereocenters. The molecule has 3 heterocycles. The van der Waals surface area contributed by atoms with E-state index in [4.69, 9.17) is 4.74 Å². The zero-order chi connectivity index (χ0) is 17.8. The molecule has 2 aromatic heterocycles. The smallest absolute Gasteiger partial charge is 0.253 e. The van der Waals surface area contributed by atoms with Gasteiger partial charge in [0.1, 0.15) is 5.82 Å². The maximum absolute atomic E-state index is 12.3. The molecule has 1 aliphatic rings. The maximum atomic E-state index is 12.3. The first-order chi connectivity index (χ1) is 12.1. The lowest BCUT2D eigenvalue weighted by atomic mass is 10.1. The Balaban J connectivity index is 1.73. The number of methoxy groups -OCH3 is 1. The number of hydrogen-bond donors (Lipinski definition) is 1. The summed E-state index contributed by atoms with van der Waals surface area (Å²) in [5.41, 5.74) is 2.47. The number of aryl methyl sites for hydroxylation is 1. The van der Waals surface area contributed by atoms with E-state index in [1.165, 1.54) is 6.20 Å². The van der Waals surface area contributed by atoms with Gasteiger partial charge in [0.25, 0.3) is 5.91 Å². The van der Waals surface area contributed by atoms with Gasteiger partial charge in [-0.1, -0.05) is 0 Å². The van der Waals surface area contributed by atoms with Gasteiger partial charge in [-0.2, -0.15) is 0 Å². The number of carbonyl (C=O) groups excluding carboxylic acids is 1. The summed E-state index contributed by atoms with van der Waals surface area (Å²) in [7, 11) is 3.65. The van der Waals surface area contributed by atoms with E-state index < -0.39 is 0 Å². The summed E-state index contributed by atoms with van der Waals surface area (Å²) in [5.74, 6) is 1.06. The Hall–Kier alpha value is -2.54. The van der Waals surface area contributed by atoms with Crippen molar-refractivity contribution in [3.05, 3.63) is 47.2 Å². The van der Waals surface area contributed by atoms with E-state index in [9.17, 15) is 4.79 Å². The van der Waals surface area contributed by atoms with E-state index in [1.54, 1.807) is 19.2 Å². The van der Waals surface area contributed by atoms with Crippen molar-refractivity contribution in [1.82, 2.24) is 25.2 Å². The second-order valence-corrected chi connectivity index (χ2v) is 6.24. The van der Waals surface area contributed by atoms with Crippen LogP contribution in [-0.4, -0.2) is 46.5 Å².